The van der Waals surface area contributed by atoms with Crippen molar-refractivity contribution in [2.24, 2.45) is 0 Å². The molecule has 6 nitrogen and oxygen atoms in total. The molecule has 0 bridgehead atoms. The number of imide groups is 2. The van der Waals surface area contributed by atoms with Crippen LogP contribution < -0.4 is 15.0 Å². The Kier molecular flexibility index (Phi) is 6.68. The number of aryl methyl sites for hydroxylation is 1. The van der Waals surface area contributed by atoms with Gasteiger partial charge in [0.1, 0.15) is 18.0 Å². The van der Waals surface area contributed by atoms with Crippen molar-refractivity contribution in [2.75, 3.05) is 4.90 Å². The maximum atomic E-state index is 13.1. The smallest absolute Gasteiger partial charge is 0.335 e. The van der Waals surface area contributed by atoms with E-state index in [1.807, 2.05) is 6.92 Å². The number of nitrogens with one attached hydrogen (secondary N) is 1. The van der Waals surface area contributed by atoms with Gasteiger partial charge in [0, 0.05) is 0 Å². The van der Waals surface area contributed by atoms with Crippen LogP contribution in [0.1, 0.15) is 16.7 Å². The molecule has 34 heavy (non-hydrogen) atoms. The highest BCUT2D eigenvalue weighted by atomic mass is 35.5. The number of anilines is 1. The van der Waals surface area contributed by atoms with E-state index in [1.54, 1.807) is 36.4 Å². The Balaban J connectivity index is 1.60. The summed E-state index contributed by atoms with van der Waals surface area (Å²) in [6, 6.07) is 14.6. The van der Waals surface area contributed by atoms with Gasteiger partial charge in [-0.3, -0.25) is 14.9 Å². The number of carbonyl (C=O) groups excluding carboxylic acids is 3. The van der Waals surface area contributed by atoms with E-state index in [-0.39, 0.29) is 33.8 Å². The van der Waals surface area contributed by atoms with E-state index in [2.05, 4.69) is 5.32 Å². The monoisotopic (exact) mass is 498 g/mol. The van der Waals surface area contributed by atoms with Crippen molar-refractivity contribution < 1.29 is 23.5 Å². The maximum Gasteiger partial charge on any atom is 0.335 e. The van der Waals surface area contributed by atoms with Crippen LogP contribution in [0.4, 0.5) is 14.9 Å². The second kappa shape index (κ2) is 9.67. The fourth-order valence-corrected chi connectivity index (χ4v) is 3.90. The van der Waals surface area contributed by atoms with Crippen molar-refractivity contribution in [1.82, 2.24) is 5.32 Å². The third kappa shape index (κ3) is 4.95. The van der Waals surface area contributed by atoms with Crippen LogP contribution in [0, 0.1) is 12.7 Å². The van der Waals surface area contributed by atoms with Crippen molar-refractivity contribution in [1.29, 1.82) is 0 Å². The highest BCUT2D eigenvalue weighted by molar-refractivity contribution is 6.40. The van der Waals surface area contributed by atoms with Gasteiger partial charge in [0.2, 0.25) is 0 Å². The quantitative estimate of drug-likeness (QED) is 0.362. The van der Waals surface area contributed by atoms with E-state index in [9.17, 15) is 18.8 Å². The number of amides is 4. The number of barbiturate groups is 1. The van der Waals surface area contributed by atoms with Gasteiger partial charge >= 0.3 is 6.03 Å². The fourth-order valence-electron chi connectivity index (χ4n) is 3.29. The number of ether oxygens (including phenoxy) is 1. The van der Waals surface area contributed by atoms with Crippen LogP contribution in [-0.2, 0) is 16.2 Å². The first-order valence-corrected chi connectivity index (χ1v) is 10.8. The second-order valence-corrected chi connectivity index (χ2v) is 8.34. The zero-order valence-electron chi connectivity index (χ0n) is 17.8. The molecule has 0 spiro atoms. The summed E-state index contributed by atoms with van der Waals surface area (Å²) in [5.41, 5.74) is 2.09. The number of nitrogens with zero attached hydrogens (tertiary/aromatic N) is 1. The minimum Gasteiger partial charge on any atom is -0.486 e. The van der Waals surface area contributed by atoms with Gasteiger partial charge in [0.15, 0.2) is 5.75 Å². The van der Waals surface area contributed by atoms with Crippen LogP contribution in [0.3, 0.4) is 0 Å². The lowest BCUT2D eigenvalue weighted by atomic mass is 10.1. The molecule has 0 saturated carbocycles. The van der Waals surface area contributed by atoms with E-state index in [4.69, 9.17) is 27.9 Å². The van der Waals surface area contributed by atoms with Crippen molar-refractivity contribution >= 4 is 52.8 Å². The standard InChI is InChI=1S/C25H17Cl2FN2O4/c1-14-2-8-18(9-3-14)30-24(32)19(23(31)29-25(30)33)10-16-11-20(26)22(21(27)12-16)34-13-15-4-6-17(28)7-5-15/h2-12H,13H2,1H3,(H,29,31,33)/b19-10+. The molecule has 0 radical (unpaired) electrons. The van der Waals surface area contributed by atoms with Crippen LogP contribution >= 0.6 is 23.2 Å². The maximum absolute atomic E-state index is 13.1. The van der Waals surface area contributed by atoms with Gasteiger partial charge in [0.05, 0.1) is 15.7 Å². The number of urea groups is 1. The zero-order chi connectivity index (χ0) is 24.4. The minimum absolute atomic E-state index is 0.106. The SMILES string of the molecule is Cc1ccc(N2C(=O)NC(=O)/C(=C\c3cc(Cl)c(OCc4ccc(F)cc4)c(Cl)c3)C2=O)cc1. The van der Waals surface area contributed by atoms with E-state index < -0.39 is 17.8 Å². The molecule has 1 aliphatic rings. The fraction of sp³-hybridized carbons (Fsp3) is 0.0800. The lowest BCUT2D eigenvalue weighted by molar-refractivity contribution is -0.122. The van der Waals surface area contributed by atoms with Gasteiger partial charge in [-0.1, -0.05) is 53.0 Å². The highest BCUT2D eigenvalue weighted by Gasteiger charge is 2.36. The molecular formula is C25H17Cl2FN2O4. The molecule has 4 rings (SSSR count). The number of benzene rings is 3. The van der Waals surface area contributed by atoms with Gasteiger partial charge in [-0.05, 0) is 60.5 Å². The first-order chi connectivity index (χ1) is 16.2. The topological polar surface area (TPSA) is 75.7 Å². The molecule has 1 fully saturated rings. The Morgan fingerprint density at radius 1 is 0.971 bits per heavy atom. The number of hydrogen-bond donors (Lipinski definition) is 1. The summed E-state index contributed by atoms with van der Waals surface area (Å²) in [5, 5.41) is 2.47. The van der Waals surface area contributed by atoms with Crippen LogP contribution in [0.25, 0.3) is 6.08 Å². The Morgan fingerprint density at radius 3 is 2.21 bits per heavy atom. The van der Waals surface area contributed by atoms with Crippen LogP contribution in [0.2, 0.25) is 10.0 Å². The molecule has 0 aliphatic carbocycles. The Labute approximate surface area is 204 Å². The first kappa shape index (κ1) is 23.5. The molecular weight excluding hydrogens is 482 g/mol. The minimum atomic E-state index is -0.836. The summed E-state index contributed by atoms with van der Waals surface area (Å²) in [4.78, 5) is 38.6. The van der Waals surface area contributed by atoms with Crippen molar-refractivity contribution in [3.63, 3.8) is 0 Å². The summed E-state index contributed by atoms with van der Waals surface area (Å²) in [7, 11) is 0. The molecule has 3 aromatic rings. The van der Waals surface area contributed by atoms with Crippen LogP contribution in [-0.4, -0.2) is 17.8 Å². The van der Waals surface area contributed by atoms with Gasteiger partial charge in [-0.25, -0.2) is 14.1 Å². The molecule has 1 heterocycles. The third-order valence-corrected chi connectivity index (χ3v) is 5.58. The Morgan fingerprint density at radius 2 is 1.59 bits per heavy atom. The van der Waals surface area contributed by atoms with Gasteiger partial charge in [-0.15, -0.1) is 0 Å². The van der Waals surface area contributed by atoms with Gasteiger partial charge < -0.3 is 4.74 Å². The number of rotatable bonds is 5. The average Bonchev–Trinajstić information content (AvgIpc) is 2.78. The number of halogens is 3. The Hall–Kier alpha value is -3.68. The van der Waals surface area contributed by atoms with Crippen molar-refractivity contribution in [3.8, 4) is 5.75 Å². The lowest BCUT2D eigenvalue weighted by Gasteiger charge is -2.26. The van der Waals surface area contributed by atoms with Crippen molar-refractivity contribution in [2.45, 2.75) is 13.5 Å². The summed E-state index contributed by atoms with van der Waals surface area (Å²) in [6.07, 6.45) is 1.30. The predicted molar refractivity (Wildman–Crippen MR) is 127 cm³/mol. The van der Waals surface area contributed by atoms with E-state index >= 15 is 0 Å². The lowest BCUT2D eigenvalue weighted by Crippen LogP contribution is -2.54. The molecule has 1 aliphatic heterocycles. The van der Waals surface area contributed by atoms with Gasteiger partial charge in [-0.2, -0.15) is 0 Å². The third-order valence-electron chi connectivity index (χ3n) is 5.02. The van der Waals surface area contributed by atoms with E-state index in [0.717, 1.165) is 10.5 Å². The molecule has 4 amide bonds. The normalized spacial score (nSPS) is 15.0. The Bertz CT molecular complexity index is 1300. The summed E-state index contributed by atoms with van der Waals surface area (Å²) in [5.74, 6) is -1.77. The number of hydrogen-bond acceptors (Lipinski definition) is 4. The average molecular weight is 499 g/mol. The second-order valence-electron chi connectivity index (χ2n) is 7.52. The van der Waals surface area contributed by atoms with Crippen LogP contribution in [0.15, 0.2) is 66.2 Å². The summed E-state index contributed by atoms with van der Waals surface area (Å²) < 4.78 is 18.7. The van der Waals surface area contributed by atoms with Crippen molar-refractivity contribution in [3.05, 3.63) is 98.8 Å². The van der Waals surface area contributed by atoms with E-state index in [0.29, 0.717) is 16.8 Å². The molecule has 0 atom stereocenters. The largest absolute Gasteiger partial charge is 0.486 e. The molecule has 1 N–H and O–H groups in total. The van der Waals surface area contributed by atoms with Crippen LogP contribution in [0.5, 0.6) is 5.75 Å². The summed E-state index contributed by atoms with van der Waals surface area (Å²) >= 11 is 12.7. The molecule has 3 aromatic carbocycles. The first-order valence-electron chi connectivity index (χ1n) is 10.1. The van der Waals surface area contributed by atoms with Gasteiger partial charge in [0.25, 0.3) is 11.8 Å². The molecule has 0 aromatic heterocycles. The molecule has 1 saturated heterocycles. The zero-order valence-corrected chi connectivity index (χ0v) is 19.3. The molecule has 0 unspecified atom stereocenters. The van der Waals surface area contributed by atoms with E-state index in [1.165, 1.54) is 30.3 Å². The number of carbonyl (C=O) groups is 3. The summed E-state index contributed by atoms with van der Waals surface area (Å²) in [6.45, 7) is 1.98. The predicted octanol–water partition coefficient (Wildman–Crippen LogP) is 5.69. The molecule has 172 valence electrons. The molecule has 9 heteroatoms. The highest BCUT2D eigenvalue weighted by Crippen LogP contribution is 2.36.